The first-order chi connectivity index (χ1) is 23.6. The summed E-state index contributed by atoms with van der Waals surface area (Å²) in [5, 5.41) is 3.51. The first kappa shape index (κ1) is 34.9. The lowest BCUT2D eigenvalue weighted by atomic mass is 9.95. The molecular weight excluding hydrogens is 629 g/mol. The second kappa shape index (κ2) is 15.7. The molecular formula is C39H39F3N4O3. The third kappa shape index (κ3) is 8.95. The van der Waals surface area contributed by atoms with Crippen LogP contribution in [0.4, 0.5) is 19.0 Å². The fourth-order valence-corrected chi connectivity index (χ4v) is 5.49. The number of anilines is 1. The van der Waals surface area contributed by atoms with Gasteiger partial charge in [-0.2, -0.15) is 0 Å². The highest BCUT2D eigenvalue weighted by Gasteiger charge is 2.35. The van der Waals surface area contributed by atoms with Gasteiger partial charge in [-0.15, -0.1) is 0 Å². The van der Waals surface area contributed by atoms with Crippen molar-refractivity contribution in [2.75, 3.05) is 18.8 Å². The first-order valence-electron chi connectivity index (χ1n) is 16.3. The van der Waals surface area contributed by atoms with Gasteiger partial charge >= 0.3 is 0 Å². The molecule has 1 saturated heterocycles. The van der Waals surface area contributed by atoms with Crippen molar-refractivity contribution < 1.29 is 27.2 Å². The second-order valence-corrected chi connectivity index (χ2v) is 11.9. The highest BCUT2D eigenvalue weighted by Crippen LogP contribution is 2.37. The summed E-state index contributed by atoms with van der Waals surface area (Å²) in [6.07, 6.45) is 12.6. The number of nitrogens with two attached hydrogens (primary N) is 1. The van der Waals surface area contributed by atoms with Crippen molar-refractivity contribution in [3.63, 3.8) is 0 Å². The summed E-state index contributed by atoms with van der Waals surface area (Å²) in [7, 11) is 0. The number of allylic oxidation sites excluding steroid dienone is 6. The highest BCUT2D eigenvalue weighted by molar-refractivity contribution is 5.98. The van der Waals surface area contributed by atoms with E-state index in [4.69, 9.17) is 10.2 Å². The number of aromatic nitrogens is 1. The normalized spacial score (nSPS) is 15.4. The van der Waals surface area contributed by atoms with Gasteiger partial charge in [-0.3, -0.25) is 9.59 Å². The lowest BCUT2D eigenvalue weighted by Gasteiger charge is -2.31. The number of fused-ring (bicyclic) bond motifs is 1. The second-order valence-electron chi connectivity index (χ2n) is 11.9. The van der Waals surface area contributed by atoms with Crippen LogP contribution >= 0.6 is 0 Å². The maximum atomic E-state index is 15.5. The molecule has 0 bridgehead atoms. The highest BCUT2D eigenvalue weighted by atomic mass is 19.3. The number of piperidine rings is 1. The molecule has 0 atom stereocenters. The minimum absolute atomic E-state index is 0.00552. The molecule has 2 aromatic heterocycles. The summed E-state index contributed by atoms with van der Waals surface area (Å²) in [6, 6.07) is 15.9. The van der Waals surface area contributed by atoms with Crippen LogP contribution in [-0.4, -0.2) is 40.7 Å². The molecule has 5 rings (SSSR count). The summed E-state index contributed by atoms with van der Waals surface area (Å²) in [5.41, 5.74) is 9.57. The quantitative estimate of drug-likeness (QED) is 0.123. The van der Waals surface area contributed by atoms with Gasteiger partial charge in [0.15, 0.2) is 0 Å². The Hall–Kier alpha value is -5.38. The van der Waals surface area contributed by atoms with Gasteiger partial charge in [-0.25, -0.2) is 18.2 Å². The first-order valence-corrected chi connectivity index (χ1v) is 16.3. The van der Waals surface area contributed by atoms with Gasteiger partial charge in [-0.05, 0) is 78.6 Å². The zero-order valence-electron chi connectivity index (χ0n) is 27.5. The fraction of sp³-hybridized carbons (Fsp3) is 0.256. The van der Waals surface area contributed by atoms with Gasteiger partial charge in [0.05, 0.1) is 6.54 Å². The molecule has 3 N–H and O–H groups in total. The number of nitrogen functional groups attached to an aromatic ring is 1. The molecule has 3 heterocycles. The van der Waals surface area contributed by atoms with E-state index in [9.17, 15) is 18.4 Å². The number of carbonyl (C=O) groups excluding carboxylic acids is 2. The topological polar surface area (TPSA) is 101 Å². The molecule has 0 aliphatic carbocycles. The van der Waals surface area contributed by atoms with Gasteiger partial charge in [0.1, 0.15) is 23.0 Å². The Labute approximate surface area is 283 Å². The number of likely N-dealkylation sites (tertiary alicyclic amines) is 1. The molecule has 1 fully saturated rings. The largest absolute Gasteiger partial charge is 0.459 e. The molecule has 1 aliphatic rings. The molecule has 0 unspecified atom stereocenters. The van der Waals surface area contributed by atoms with E-state index in [0.717, 1.165) is 29.5 Å². The summed E-state index contributed by atoms with van der Waals surface area (Å²) in [4.78, 5) is 31.1. The monoisotopic (exact) mass is 668 g/mol. The minimum atomic E-state index is -2.74. The number of carbonyl (C=O) groups is 2. The van der Waals surface area contributed by atoms with Crippen molar-refractivity contribution in [1.29, 1.82) is 0 Å². The Kier molecular flexibility index (Phi) is 11.2. The number of furan rings is 1. The summed E-state index contributed by atoms with van der Waals surface area (Å²) in [5.74, 6) is -2.95. The fourth-order valence-electron chi connectivity index (χ4n) is 5.49. The average molecular weight is 669 g/mol. The molecule has 0 radical (unpaired) electrons. The molecule has 49 heavy (non-hydrogen) atoms. The molecule has 1 aliphatic heterocycles. The number of pyridine rings is 1. The standard InChI is InChI=1S/C39H39F3N4O3/c1-3-5-6-7-8-32(34(40)4-2)33-23-29(27-11-13-28(14-12-27)38(48)46-19-17-39(41,42)18-20-46)21-30-22-31(49-37(30)33)25-45-36(47)16-10-26-9-15-35(43)44-24-26/h4,6-16,21-24H,3,5,17-20,25H2,1-2H3,(H2,43,44)(H,45,47). The third-order valence-electron chi connectivity index (χ3n) is 8.24. The van der Waals surface area contributed by atoms with Crippen LogP contribution in [0.1, 0.15) is 66.8 Å². The lowest BCUT2D eigenvalue weighted by molar-refractivity contribution is -0.116. The van der Waals surface area contributed by atoms with Gasteiger partial charge in [-0.1, -0.05) is 49.8 Å². The molecule has 10 heteroatoms. The van der Waals surface area contributed by atoms with E-state index in [0.29, 0.717) is 39.2 Å². The third-order valence-corrected chi connectivity index (χ3v) is 8.24. The summed E-state index contributed by atoms with van der Waals surface area (Å²) in [6.45, 7) is 3.78. The average Bonchev–Trinajstić information content (AvgIpc) is 3.53. The van der Waals surface area contributed by atoms with Gasteiger partial charge < -0.3 is 20.4 Å². The number of amides is 2. The maximum absolute atomic E-state index is 15.5. The number of benzene rings is 2. The van der Waals surface area contributed by atoms with Crippen LogP contribution in [0, 0.1) is 0 Å². The van der Waals surface area contributed by atoms with Crippen LogP contribution < -0.4 is 11.1 Å². The van der Waals surface area contributed by atoms with Crippen molar-refractivity contribution in [3.8, 4) is 11.1 Å². The molecule has 254 valence electrons. The Morgan fingerprint density at radius 3 is 2.49 bits per heavy atom. The molecule has 4 aromatic rings. The Morgan fingerprint density at radius 2 is 1.82 bits per heavy atom. The van der Waals surface area contributed by atoms with E-state index in [1.54, 1.807) is 67.7 Å². The smallest absolute Gasteiger partial charge is 0.253 e. The van der Waals surface area contributed by atoms with Crippen LogP contribution in [0.3, 0.4) is 0 Å². The molecule has 0 spiro atoms. The van der Waals surface area contributed by atoms with Crippen LogP contribution in [0.15, 0.2) is 101 Å². The summed E-state index contributed by atoms with van der Waals surface area (Å²) >= 11 is 0. The predicted octanol–water partition coefficient (Wildman–Crippen LogP) is 8.89. The van der Waals surface area contributed by atoms with Gasteiger partial charge in [0.25, 0.3) is 11.8 Å². The number of hydrogen-bond acceptors (Lipinski definition) is 5. The number of halogens is 3. The van der Waals surface area contributed by atoms with Crippen molar-refractivity contribution >= 4 is 40.3 Å². The van der Waals surface area contributed by atoms with Gasteiger partial charge in [0.2, 0.25) is 5.91 Å². The van der Waals surface area contributed by atoms with Crippen molar-refractivity contribution in [3.05, 3.63) is 119 Å². The zero-order valence-corrected chi connectivity index (χ0v) is 27.5. The predicted molar refractivity (Wildman–Crippen MR) is 188 cm³/mol. The SMILES string of the molecule is CC=C(F)C(=CC=CCCC)c1cc(-c2ccc(C(=O)N3CCC(F)(F)CC3)cc2)cc2cc(CNC(=O)C=Cc3ccc(N)nc3)oc12. The van der Waals surface area contributed by atoms with E-state index < -0.39 is 11.7 Å². The van der Waals surface area contributed by atoms with Gasteiger partial charge in [0, 0.05) is 60.3 Å². The summed E-state index contributed by atoms with van der Waals surface area (Å²) < 4.78 is 49.0. The van der Waals surface area contributed by atoms with E-state index in [1.807, 2.05) is 24.3 Å². The Balaban J connectivity index is 1.45. The van der Waals surface area contributed by atoms with E-state index in [2.05, 4.69) is 17.2 Å². The molecule has 2 aromatic carbocycles. The van der Waals surface area contributed by atoms with Crippen LogP contribution in [0.5, 0.6) is 0 Å². The lowest BCUT2D eigenvalue weighted by Crippen LogP contribution is -2.42. The van der Waals surface area contributed by atoms with Crippen LogP contribution in [-0.2, 0) is 11.3 Å². The number of nitrogens with zero attached hydrogens (tertiary/aromatic N) is 2. The number of hydrogen-bond donors (Lipinski definition) is 2. The van der Waals surface area contributed by atoms with E-state index >= 15 is 4.39 Å². The maximum Gasteiger partial charge on any atom is 0.253 e. The van der Waals surface area contributed by atoms with Crippen LogP contribution in [0.25, 0.3) is 33.7 Å². The van der Waals surface area contributed by atoms with Crippen molar-refractivity contribution in [1.82, 2.24) is 15.2 Å². The van der Waals surface area contributed by atoms with Crippen molar-refractivity contribution in [2.24, 2.45) is 0 Å². The number of nitrogens with one attached hydrogen (secondary N) is 1. The molecule has 2 amide bonds. The molecule has 7 nitrogen and oxygen atoms in total. The number of alkyl halides is 2. The van der Waals surface area contributed by atoms with Crippen LogP contribution in [0.2, 0.25) is 0 Å². The van der Waals surface area contributed by atoms with E-state index in [1.165, 1.54) is 17.1 Å². The number of unbranched alkanes of at least 4 members (excludes halogenated alkanes) is 1. The number of rotatable bonds is 11. The zero-order chi connectivity index (χ0) is 35.0. The van der Waals surface area contributed by atoms with E-state index in [-0.39, 0.29) is 44.3 Å². The molecule has 0 saturated carbocycles. The minimum Gasteiger partial charge on any atom is -0.459 e. The Bertz CT molecular complexity index is 1910. The Morgan fingerprint density at radius 1 is 1.06 bits per heavy atom. The van der Waals surface area contributed by atoms with Crippen molar-refractivity contribution in [2.45, 2.75) is 52.0 Å².